The van der Waals surface area contributed by atoms with Crippen molar-refractivity contribution in [1.29, 1.82) is 0 Å². The Morgan fingerprint density at radius 1 is 1.03 bits per heavy atom. The van der Waals surface area contributed by atoms with Crippen molar-refractivity contribution in [3.8, 4) is 0 Å². The monoisotopic (exact) mass is 415 g/mol. The predicted molar refractivity (Wildman–Crippen MR) is 112 cm³/mol. The number of carboxylic acids is 2. The van der Waals surface area contributed by atoms with Crippen LogP contribution in [-0.4, -0.2) is 59.2 Å². The largest absolute Gasteiger partial charge is 0.473 e. The summed E-state index contributed by atoms with van der Waals surface area (Å²) in [7, 11) is 4.15. The summed E-state index contributed by atoms with van der Waals surface area (Å²) in [5, 5.41) is 25.9. The van der Waals surface area contributed by atoms with Gasteiger partial charge in [-0.2, -0.15) is 0 Å². The lowest BCUT2D eigenvalue weighted by Crippen LogP contribution is -2.24. The first-order valence-electron chi connectivity index (χ1n) is 9.44. The Bertz CT molecular complexity index is 917. The number of aliphatic carboxylic acids is 2. The number of nitro benzene ring substituents is 1. The third-order valence-corrected chi connectivity index (χ3v) is 4.68. The first-order valence-corrected chi connectivity index (χ1v) is 9.44. The van der Waals surface area contributed by atoms with Gasteiger partial charge in [0.15, 0.2) is 0 Å². The minimum atomic E-state index is -1.82. The van der Waals surface area contributed by atoms with Crippen molar-refractivity contribution in [2.75, 3.05) is 32.1 Å². The molecule has 0 saturated carbocycles. The Morgan fingerprint density at radius 2 is 1.63 bits per heavy atom. The number of hydrogen-bond donors (Lipinski definition) is 2. The molecule has 0 unspecified atom stereocenters. The smallest absolute Gasteiger partial charge is 0.414 e. The van der Waals surface area contributed by atoms with Crippen molar-refractivity contribution >= 4 is 29.0 Å². The van der Waals surface area contributed by atoms with Crippen molar-refractivity contribution < 1.29 is 24.7 Å². The summed E-state index contributed by atoms with van der Waals surface area (Å²) in [6.07, 6.45) is 2.78. The summed E-state index contributed by atoms with van der Waals surface area (Å²) < 4.78 is 0. The van der Waals surface area contributed by atoms with Crippen LogP contribution in [0.15, 0.2) is 42.5 Å². The van der Waals surface area contributed by atoms with Gasteiger partial charge in [0.2, 0.25) is 0 Å². The first-order chi connectivity index (χ1) is 14.2. The molecule has 1 heterocycles. The number of aryl methyl sites for hydroxylation is 2. The van der Waals surface area contributed by atoms with Crippen molar-refractivity contribution in [3.63, 3.8) is 0 Å². The molecule has 30 heavy (non-hydrogen) atoms. The molecule has 0 aromatic heterocycles. The third-order valence-electron chi connectivity index (χ3n) is 4.68. The van der Waals surface area contributed by atoms with E-state index in [1.807, 2.05) is 6.07 Å². The number of benzene rings is 2. The number of non-ortho nitro benzene ring substituents is 1. The zero-order valence-electron chi connectivity index (χ0n) is 16.9. The molecule has 2 N–H and O–H groups in total. The molecule has 160 valence electrons. The Kier molecular flexibility index (Phi) is 7.88. The molecular weight excluding hydrogens is 390 g/mol. The molecule has 0 bridgehead atoms. The van der Waals surface area contributed by atoms with E-state index < -0.39 is 11.9 Å². The molecule has 0 spiro atoms. The minimum absolute atomic E-state index is 0.174. The van der Waals surface area contributed by atoms with Gasteiger partial charge in [-0.05, 0) is 63.2 Å². The molecule has 9 nitrogen and oxygen atoms in total. The number of para-hydroxylation sites is 1. The quantitative estimate of drug-likeness (QED) is 0.434. The summed E-state index contributed by atoms with van der Waals surface area (Å²) in [6.45, 7) is 1.92. The van der Waals surface area contributed by atoms with Crippen LogP contribution in [0.3, 0.4) is 0 Å². The second-order valence-electron chi connectivity index (χ2n) is 7.12. The van der Waals surface area contributed by atoms with Crippen molar-refractivity contribution in [2.24, 2.45) is 0 Å². The fourth-order valence-electron chi connectivity index (χ4n) is 3.32. The van der Waals surface area contributed by atoms with Crippen LogP contribution in [0, 0.1) is 10.1 Å². The number of nitro groups is 1. The number of carbonyl (C=O) groups is 2. The van der Waals surface area contributed by atoms with Gasteiger partial charge in [0.25, 0.3) is 5.69 Å². The maximum absolute atomic E-state index is 11.1. The molecule has 0 radical (unpaired) electrons. The second kappa shape index (κ2) is 10.4. The standard InChI is InChI=1S/C19H23N3O2.C2H2O4/c1-20(2)12-5-13-21-18-7-4-3-6-15(18)8-9-16-14-17(22(23)24)10-11-19(16)21;3-1(4)2(5)6/h3-4,6-7,10-11,14H,5,8-9,12-13H2,1-2H3;(H,3,4)(H,5,6). The molecule has 1 aliphatic rings. The van der Waals surface area contributed by atoms with E-state index in [9.17, 15) is 10.1 Å². The van der Waals surface area contributed by atoms with Gasteiger partial charge in [-0.3, -0.25) is 10.1 Å². The highest BCUT2D eigenvalue weighted by atomic mass is 16.6. The SMILES string of the molecule is CN(C)CCCN1c2ccccc2CCc2cc([N+](=O)[O-])ccc21.O=C(O)C(=O)O. The van der Waals surface area contributed by atoms with Crippen LogP contribution in [0.4, 0.5) is 17.1 Å². The van der Waals surface area contributed by atoms with E-state index in [1.165, 1.54) is 11.3 Å². The molecule has 0 fully saturated rings. The molecule has 0 atom stereocenters. The normalized spacial score (nSPS) is 12.2. The topological polar surface area (TPSA) is 124 Å². The van der Waals surface area contributed by atoms with Gasteiger partial charge >= 0.3 is 11.9 Å². The highest BCUT2D eigenvalue weighted by molar-refractivity contribution is 6.27. The Hall–Kier alpha value is -3.46. The number of rotatable bonds is 5. The Morgan fingerprint density at radius 3 is 2.23 bits per heavy atom. The van der Waals surface area contributed by atoms with Gasteiger partial charge in [0.05, 0.1) is 4.92 Å². The molecule has 0 aliphatic carbocycles. The molecular formula is C21H25N3O6. The maximum Gasteiger partial charge on any atom is 0.414 e. The zero-order chi connectivity index (χ0) is 22.3. The Labute approximate surface area is 174 Å². The molecule has 1 aliphatic heterocycles. The van der Waals surface area contributed by atoms with Crippen LogP contribution in [-0.2, 0) is 22.4 Å². The lowest BCUT2D eigenvalue weighted by atomic mass is 10.0. The van der Waals surface area contributed by atoms with Gasteiger partial charge in [0, 0.05) is 30.1 Å². The molecule has 9 heteroatoms. The predicted octanol–water partition coefficient (Wildman–Crippen LogP) is 2.94. The maximum atomic E-state index is 11.1. The summed E-state index contributed by atoms with van der Waals surface area (Å²) in [6, 6.07) is 13.7. The van der Waals surface area contributed by atoms with Crippen LogP contribution in [0.25, 0.3) is 0 Å². The van der Waals surface area contributed by atoms with Crippen LogP contribution in [0.2, 0.25) is 0 Å². The summed E-state index contributed by atoms with van der Waals surface area (Å²) in [5.41, 5.74) is 4.87. The number of nitrogens with zero attached hydrogens (tertiary/aromatic N) is 3. The number of anilines is 2. The van der Waals surface area contributed by atoms with E-state index in [0.717, 1.165) is 43.6 Å². The average Bonchev–Trinajstić information content (AvgIpc) is 2.85. The van der Waals surface area contributed by atoms with Gasteiger partial charge in [-0.1, -0.05) is 18.2 Å². The average molecular weight is 415 g/mol. The van der Waals surface area contributed by atoms with E-state index >= 15 is 0 Å². The number of fused-ring (bicyclic) bond motifs is 2. The molecule has 2 aromatic rings. The second-order valence-corrected chi connectivity index (χ2v) is 7.12. The third kappa shape index (κ3) is 6.02. The number of carboxylic acid groups (broad SMARTS) is 2. The van der Waals surface area contributed by atoms with Crippen molar-refractivity contribution in [2.45, 2.75) is 19.3 Å². The zero-order valence-corrected chi connectivity index (χ0v) is 16.9. The van der Waals surface area contributed by atoms with E-state index in [4.69, 9.17) is 19.8 Å². The van der Waals surface area contributed by atoms with Gasteiger partial charge in [-0.25, -0.2) is 9.59 Å². The summed E-state index contributed by atoms with van der Waals surface area (Å²) in [5.74, 6) is -3.65. The van der Waals surface area contributed by atoms with Crippen LogP contribution in [0.1, 0.15) is 17.5 Å². The van der Waals surface area contributed by atoms with E-state index in [-0.39, 0.29) is 10.6 Å². The molecule has 3 rings (SSSR count). The van der Waals surface area contributed by atoms with Crippen LogP contribution < -0.4 is 4.90 Å². The van der Waals surface area contributed by atoms with E-state index in [0.29, 0.717) is 0 Å². The first kappa shape index (κ1) is 22.8. The van der Waals surface area contributed by atoms with Crippen LogP contribution >= 0.6 is 0 Å². The lowest BCUT2D eigenvalue weighted by molar-refractivity contribution is -0.384. The number of hydrogen-bond acceptors (Lipinski definition) is 6. The van der Waals surface area contributed by atoms with Gasteiger partial charge in [-0.15, -0.1) is 0 Å². The van der Waals surface area contributed by atoms with E-state index in [2.05, 4.69) is 48.2 Å². The molecule has 0 saturated heterocycles. The fourth-order valence-corrected chi connectivity index (χ4v) is 3.32. The minimum Gasteiger partial charge on any atom is -0.473 e. The van der Waals surface area contributed by atoms with E-state index in [1.54, 1.807) is 12.1 Å². The summed E-state index contributed by atoms with van der Waals surface area (Å²) in [4.78, 5) is 33.5. The highest BCUT2D eigenvalue weighted by Gasteiger charge is 2.22. The lowest BCUT2D eigenvalue weighted by Gasteiger charge is -2.27. The molecule has 0 amide bonds. The van der Waals surface area contributed by atoms with Gasteiger partial charge in [0.1, 0.15) is 0 Å². The van der Waals surface area contributed by atoms with Crippen molar-refractivity contribution in [3.05, 3.63) is 63.7 Å². The summed E-state index contributed by atoms with van der Waals surface area (Å²) >= 11 is 0. The molecule has 2 aromatic carbocycles. The highest BCUT2D eigenvalue weighted by Crippen LogP contribution is 2.37. The van der Waals surface area contributed by atoms with Gasteiger partial charge < -0.3 is 20.0 Å². The van der Waals surface area contributed by atoms with Crippen LogP contribution in [0.5, 0.6) is 0 Å². The Balaban J connectivity index is 0.000000469. The van der Waals surface area contributed by atoms with Crippen molar-refractivity contribution in [1.82, 2.24) is 4.90 Å². The fraction of sp³-hybridized carbons (Fsp3) is 0.333.